The van der Waals surface area contributed by atoms with Gasteiger partial charge >= 0.3 is 0 Å². The maximum Gasteiger partial charge on any atom is 0.261 e. The van der Waals surface area contributed by atoms with E-state index in [4.69, 9.17) is 14.2 Å². The molecule has 8 nitrogen and oxygen atoms in total. The first kappa shape index (κ1) is 17.9. The molecule has 1 aliphatic heterocycles. The smallest absolute Gasteiger partial charge is 0.261 e. The molecular weight excluding hydrogens is 360 g/mol. The van der Waals surface area contributed by atoms with Crippen LogP contribution in [0.5, 0.6) is 17.2 Å². The maximum absolute atomic E-state index is 12.7. The summed E-state index contributed by atoms with van der Waals surface area (Å²) in [7, 11) is -1.05. The zero-order valence-corrected chi connectivity index (χ0v) is 15.1. The Hall–Kier alpha value is -2.94. The summed E-state index contributed by atoms with van der Waals surface area (Å²) in [6, 6.07) is 8.83. The summed E-state index contributed by atoms with van der Waals surface area (Å²) in [6.07, 6.45) is 0. The van der Waals surface area contributed by atoms with Crippen LogP contribution in [0.4, 0.5) is 5.69 Å². The highest BCUT2D eigenvalue weighted by molar-refractivity contribution is 7.92. The van der Waals surface area contributed by atoms with Gasteiger partial charge in [0.15, 0.2) is 11.5 Å². The summed E-state index contributed by atoms with van der Waals surface area (Å²) in [6.45, 7) is 0.851. The van der Waals surface area contributed by atoms with Crippen LogP contribution in [0.2, 0.25) is 0 Å². The van der Waals surface area contributed by atoms with Gasteiger partial charge in [0.2, 0.25) is 0 Å². The van der Waals surface area contributed by atoms with E-state index in [1.807, 2.05) is 0 Å². The Morgan fingerprint density at radius 3 is 2.50 bits per heavy atom. The number of nitrogens with one attached hydrogen (secondary N) is 2. The standard InChI is InChI=1S/C17H18N2O6S/c1-18-17(20)13-10-12(4-6-14(13)23-2)26(21,22)19-11-3-5-15-16(9-11)25-8-7-24-15/h3-6,9-10,19H,7-8H2,1-2H3,(H,18,20). The molecular formula is C17H18N2O6S. The molecule has 2 aromatic rings. The Labute approximate surface area is 151 Å². The Balaban J connectivity index is 1.92. The Kier molecular flexibility index (Phi) is 4.90. The summed E-state index contributed by atoms with van der Waals surface area (Å²) >= 11 is 0. The van der Waals surface area contributed by atoms with E-state index in [1.165, 1.54) is 32.4 Å². The first-order valence-corrected chi connectivity index (χ1v) is 9.25. The minimum atomic E-state index is -3.91. The number of anilines is 1. The van der Waals surface area contributed by atoms with E-state index in [0.717, 1.165) is 0 Å². The number of sulfonamides is 1. The van der Waals surface area contributed by atoms with Crippen LogP contribution in [0.15, 0.2) is 41.3 Å². The van der Waals surface area contributed by atoms with Crippen molar-refractivity contribution in [2.75, 3.05) is 32.1 Å². The van der Waals surface area contributed by atoms with Gasteiger partial charge < -0.3 is 19.5 Å². The molecule has 0 unspecified atom stereocenters. The fourth-order valence-corrected chi connectivity index (χ4v) is 3.56. The average Bonchev–Trinajstić information content (AvgIpc) is 2.66. The molecule has 0 saturated carbocycles. The number of methoxy groups -OCH3 is 1. The number of rotatable bonds is 5. The van der Waals surface area contributed by atoms with Crippen LogP contribution in [0.25, 0.3) is 0 Å². The van der Waals surface area contributed by atoms with Gasteiger partial charge in [-0.25, -0.2) is 8.42 Å². The lowest BCUT2D eigenvalue weighted by Gasteiger charge is -2.19. The number of hydrogen-bond acceptors (Lipinski definition) is 6. The highest BCUT2D eigenvalue weighted by Gasteiger charge is 2.20. The van der Waals surface area contributed by atoms with Crippen molar-refractivity contribution in [1.82, 2.24) is 5.32 Å². The fraction of sp³-hybridized carbons (Fsp3) is 0.235. The summed E-state index contributed by atoms with van der Waals surface area (Å²) in [4.78, 5) is 11.9. The van der Waals surface area contributed by atoms with Crippen LogP contribution in [-0.4, -0.2) is 41.7 Å². The zero-order valence-electron chi connectivity index (χ0n) is 14.2. The molecule has 26 heavy (non-hydrogen) atoms. The minimum Gasteiger partial charge on any atom is -0.496 e. The molecule has 9 heteroatoms. The molecule has 0 bridgehead atoms. The van der Waals surface area contributed by atoms with Gasteiger partial charge in [0, 0.05) is 13.1 Å². The van der Waals surface area contributed by atoms with Gasteiger partial charge in [-0.1, -0.05) is 0 Å². The quantitative estimate of drug-likeness (QED) is 0.820. The molecule has 1 heterocycles. The van der Waals surface area contributed by atoms with Crippen molar-refractivity contribution in [3.05, 3.63) is 42.0 Å². The van der Waals surface area contributed by atoms with Crippen molar-refractivity contribution >= 4 is 21.6 Å². The third kappa shape index (κ3) is 3.52. The first-order chi connectivity index (χ1) is 12.4. The number of carbonyl (C=O) groups is 1. The molecule has 0 spiro atoms. The molecule has 1 amide bonds. The third-order valence-electron chi connectivity index (χ3n) is 3.75. The maximum atomic E-state index is 12.7. The van der Waals surface area contributed by atoms with Crippen LogP contribution >= 0.6 is 0 Å². The van der Waals surface area contributed by atoms with E-state index in [2.05, 4.69) is 10.0 Å². The second kappa shape index (κ2) is 7.12. The average molecular weight is 378 g/mol. The molecule has 0 aliphatic carbocycles. The SMILES string of the molecule is CNC(=O)c1cc(S(=O)(=O)Nc2ccc3c(c2)OCCO3)ccc1OC. The van der Waals surface area contributed by atoms with Crippen molar-refractivity contribution in [3.8, 4) is 17.2 Å². The normalized spacial score (nSPS) is 13.0. The highest BCUT2D eigenvalue weighted by atomic mass is 32.2. The minimum absolute atomic E-state index is 0.0632. The largest absolute Gasteiger partial charge is 0.496 e. The van der Waals surface area contributed by atoms with Gasteiger partial charge in [0.05, 0.1) is 23.3 Å². The van der Waals surface area contributed by atoms with Crippen LogP contribution in [0, 0.1) is 0 Å². The van der Waals surface area contributed by atoms with Gasteiger partial charge in [-0.15, -0.1) is 0 Å². The summed E-state index contributed by atoms with van der Waals surface area (Å²) in [5, 5.41) is 2.45. The molecule has 0 fully saturated rings. The van der Waals surface area contributed by atoms with Crippen LogP contribution in [0.3, 0.4) is 0 Å². The van der Waals surface area contributed by atoms with E-state index in [1.54, 1.807) is 18.2 Å². The predicted molar refractivity (Wildman–Crippen MR) is 94.6 cm³/mol. The lowest BCUT2D eigenvalue weighted by Crippen LogP contribution is -2.20. The summed E-state index contributed by atoms with van der Waals surface area (Å²) < 4.78 is 43.8. The van der Waals surface area contributed by atoms with Gasteiger partial charge in [-0.3, -0.25) is 9.52 Å². The number of carbonyl (C=O) groups excluding carboxylic acids is 1. The highest BCUT2D eigenvalue weighted by Crippen LogP contribution is 2.33. The topological polar surface area (TPSA) is 103 Å². The van der Waals surface area contributed by atoms with Gasteiger partial charge in [0.25, 0.3) is 15.9 Å². The van der Waals surface area contributed by atoms with Crippen molar-refractivity contribution < 1.29 is 27.4 Å². The van der Waals surface area contributed by atoms with Crippen LogP contribution < -0.4 is 24.2 Å². The van der Waals surface area contributed by atoms with E-state index in [9.17, 15) is 13.2 Å². The van der Waals surface area contributed by atoms with Crippen molar-refractivity contribution in [2.24, 2.45) is 0 Å². The third-order valence-corrected chi connectivity index (χ3v) is 5.13. The lowest BCUT2D eigenvalue weighted by atomic mass is 10.2. The molecule has 1 aliphatic rings. The van der Waals surface area contributed by atoms with Gasteiger partial charge in [-0.05, 0) is 30.3 Å². The first-order valence-electron chi connectivity index (χ1n) is 7.77. The molecule has 2 N–H and O–H groups in total. The molecule has 3 rings (SSSR count). The number of hydrogen-bond donors (Lipinski definition) is 2. The summed E-state index contributed by atoms with van der Waals surface area (Å²) in [5.41, 5.74) is 0.451. The molecule has 0 saturated heterocycles. The zero-order chi connectivity index (χ0) is 18.7. The number of amides is 1. The van der Waals surface area contributed by atoms with Gasteiger partial charge in [-0.2, -0.15) is 0 Å². The molecule has 0 radical (unpaired) electrons. The van der Waals surface area contributed by atoms with Crippen LogP contribution in [-0.2, 0) is 10.0 Å². The fourth-order valence-electron chi connectivity index (χ4n) is 2.49. The van der Waals surface area contributed by atoms with Crippen molar-refractivity contribution in [1.29, 1.82) is 0 Å². The second-order valence-corrected chi connectivity index (χ2v) is 7.09. The lowest BCUT2D eigenvalue weighted by molar-refractivity contribution is 0.0960. The Bertz CT molecular complexity index is 942. The van der Waals surface area contributed by atoms with Crippen molar-refractivity contribution in [2.45, 2.75) is 4.90 Å². The Morgan fingerprint density at radius 2 is 1.81 bits per heavy atom. The van der Waals surface area contributed by atoms with E-state index in [-0.39, 0.29) is 16.2 Å². The van der Waals surface area contributed by atoms with Crippen molar-refractivity contribution in [3.63, 3.8) is 0 Å². The summed E-state index contributed by atoms with van der Waals surface area (Å²) in [5.74, 6) is 0.864. The van der Waals surface area contributed by atoms with E-state index in [0.29, 0.717) is 30.4 Å². The number of ether oxygens (including phenoxy) is 3. The molecule has 2 aromatic carbocycles. The van der Waals surface area contributed by atoms with Crippen LogP contribution in [0.1, 0.15) is 10.4 Å². The predicted octanol–water partition coefficient (Wildman–Crippen LogP) is 1.63. The molecule has 0 atom stereocenters. The number of benzene rings is 2. The molecule has 0 aromatic heterocycles. The number of fused-ring (bicyclic) bond motifs is 1. The molecule has 138 valence electrons. The van der Waals surface area contributed by atoms with Gasteiger partial charge in [0.1, 0.15) is 19.0 Å². The second-order valence-electron chi connectivity index (χ2n) is 5.41. The van der Waals surface area contributed by atoms with E-state index >= 15 is 0 Å². The Morgan fingerprint density at radius 1 is 1.08 bits per heavy atom. The van der Waals surface area contributed by atoms with E-state index < -0.39 is 15.9 Å². The monoisotopic (exact) mass is 378 g/mol.